The number of anilines is 3. The Morgan fingerprint density at radius 1 is 0.966 bits per heavy atom. The van der Waals surface area contributed by atoms with Crippen molar-refractivity contribution in [2.45, 2.75) is 12.6 Å². The maximum atomic E-state index is 12.8. The van der Waals surface area contributed by atoms with Crippen LogP contribution in [0.1, 0.15) is 5.56 Å². The summed E-state index contributed by atoms with van der Waals surface area (Å²) in [5.74, 6) is -0.285. The third-order valence-corrected chi connectivity index (χ3v) is 4.71. The first-order valence-electron chi connectivity index (χ1n) is 9.40. The van der Waals surface area contributed by atoms with Crippen LogP contribution in [0.5, 0.6) is 0 Å². The van der Waals surface area contributed by atoms with Gasteiger partial charge in [0.25, 0.3) is 0 Å². The number of amides is 2. The lowest BCUT2D eigenvalue weighted by Gasteiger charge is -2.26. The number of carbonyl (C=O) groups is 2. The van der Waals surface area contributed by atoms with Crippen molar-refractivity contribution in [3.63, 3.8) is 0 Å². The largest absolute Gasteiger partial charge is 0.445 e. The fourth-order valence-corrected chi connectivity index (χ4v) is 3.27. The Morgan fingerprint density at radius 2 is 1.62 bits per heavy atom. The van der Waals surface area contributed by atoms with Gasteiger partial charge in [-0.2, -0.15) is 0 Å². The van der Waals surface area contributed by atoms with Crippen LogP contribution in [0.2, 0.25) is 0 Å². The molecule has 29 heavy (non-hydrogen) atoms. The van der Waals surface area contributed by atoms with Gasteiger partial charge in [-0.25, -0.2) is 4.79 Å². The maximum absolute atomic E-state index is 12.8. The highest BCUT2D eigenvalue weighted by molar-refractivity contribution is 6.02. The predicted molar refractivity (Wildman–Crippen MR) is 112 cm³/mol. The number of para-hydroxylation sites is 3. The lowest BCUT2D eigenvalue weighted by molar-refractivity contribution is -0.117. The molecule has 0 bridgehead atoms. The quantitative estimate of drug-likeness (QED) is 0.708. The average molecular weight is 387 g/mol. The Hall–Kier alpha value is -3.80. The molecule has 1 heterocycles. The molecule has 6 nitrogen and oxygen atoms in total. The maximum Gasteiger partial charge on any atom is 0.408 e. The van der Waals surface area contributed by atoms with Crippen molar-refractivity contribution in [3.05, 3.63) is 90.5 Å². The molecule has 0 aliphatic carbocycles. The van der Waals surface area contributed by atoms with Crippen molar-refractivity contribution in [1.29, 1.82) is 0 Å². The van der Waals surface area contributed by atoms with Gasteiger partial charge in [-0.15, -0.1) is 0 Å². The van der Waals surface area contributed by atoms with Gasteiger partial charge in [0.2, 0.25) is 5.91 Å². The molecule has 0 spiro atoms. The zero-order valence-electron chi connectivity index (χ0n) is 15.7. The van der Waals surface area contributed by atoms with Gasteiger partial charge in [0.05, 0.1) is 17.9 Å². The van der Waals surface area contributed by atoms with Crippen LogP contribution in [0.25, 0.3) is 0 Å². The topological polar surface area (TPSA) is 70.7 Å². The first kappa shape index (κ1) is 18.6. The number of nitrogens with zero attached hydrogens (tertiary/aromatic N) is 1. The van der Waals surface area contributed by atoms with Gasteiger partial charge < -0.3 is 20.3 Å². The van der Waals surface area contributed by atoms with Crippen molar-refractivity contribution < 1.29 is 14.3 Å². The van der Waals surface area contributed by atoms with Gasteiger partial charge in [-0.1, -0.05) is 60.7 Å². The van der Waals surface area contributed by atoms with E-state index < -0.39 is 12.1 Å². The molecular formula is C23H21N3O3. The first-order chi connectivity index (χ1) is 14.2. The first-order valence-corrected chi connectivity index (χ1v) is 9.40. The Bertz CT molecular complexity index is 993. The normalized spacial score (nSPS) is 15.7. The van der Waals surface area contributed by atoms with Crippen LogP contribution in [-0.4, -0.2) is 24.6 Å². The SMILES string of the molecule is O=C(NC1CN(c2ccccc2)c2ccccc2NC1=O)OCc1ccccc1. The standard InChI is InChI=1S/C23H21N3O3/c27-22-20(25-23(28)29-16-17-9-3-1-4-10-17)15-26(18-11-5-2-6-12-18)21-14-8-7-13-19(21)24-22/h1-14,20H,15-16H2,(H,24,27)(H,25,28). The second-order valence-electron chi connectivity index (χ2n) is 6.71. The van der Waals surface area contributed by atoms with E-state index in [0.717, 1.165) is 16.9 Å². The van der Waals surface area contributed by atoms with E-state index in [1.165, 1.54) is 0 Å². The van der Waals surface area contributed by atoms with Crippen molar-refractivity contribution in [3.8, 4) is 0 Å². The van der Waals surface area contributed by atoms with Gasteiger partial charge in [0.1, 0.15) is 12.6 Å². The molecule has 2 amide bonds. The summed E-state index contributed by atoms with van der Waals surface area (Å²) in [5, 5.41) is 5.60. The molecule has 1 atom stereocenters. The van der Waals surface area contributed by atoms with E-state index in [9.17, 15) is 9.59 Å². The molecule has 4 rings (SSSR count). The second kappa shape index (κ2) is 8.48. The Kier molecular flexibility index (Phi) is 5.42. The van der Waals surface area contributed by atoms with Gasteiger partial charge in [0.15, 0.2) is 0 Å². The molecule has 146 valence electrons. The zero-order chi connectivity index (χ0) is 20.1. The molecule has 0 fully saturated rings. The summed E-state index contributed by atoms with van der Waals surface area (Å²) in [6, 6.07) is 26.0. The molecule has 0 aromatic heterocycles. The third-order valence-electron chi connectivity index (χ3n) is 4.71. The minimum Gasteiger partial charge on any atom is -0.445 e. The van der Waals surface area contributed by atoms with Crippen LogP contribution in [0.15, 0.2) is 84.9 Å². The van der Waals surface area contributed by atoms with E-state index in [-0.39, 0.29) is 19.1 Å². The summed E-state index contributed by atoms with van der Waals surface area (Å²) in [6.45, 7) is 0.428. The molecule has 0 saturated carbocycles. The molecule has 1 aliphatic heterocycles. The summed E-state index contributed by atoms with van der Waals surface area (Å²) < 4.78 is 5.29. The Balaban J connectivity index is 1.52. The van der Waals surface area contributed by atoms with E-state index in [1.54, 1.807) is 0 Å². The molecular weight excluding hydrogens is 366 g/mol. The summed E-state index contributed by atoms with van der Waals surface area (Å²) in [7, 11) is 0. The molecule has 3 aromatic rings. The number of fused-ring (bicyclic) bond motifs is 1. The highest BCUT2D eigenvalue weighted by Gasteiger charge is 2.30. The number of carbonyl (C=O) groups excluding carboxylic acids is 2. The van der Waals surface area contributed by atoms with Gasteiger partial charge >= 0.3 is 6.09 Å². The fraction of sp³-hybridized carbons (Fsp3) is 0.130. The van der Waals surface area contributed by atoms with Gasteiger partial charge in [-0.05, 0) is 29.8 Å². The van der Waals surface area contributed by atoms with E-state index in [0.29, 0.717) is 5.69 Å². The van der Waals surface area contributed by atoms with Gasteiger partial charge in [0, 0.05) is 5.69 Å². The Morgan fingerprint density at radius 3 is 2.38 bits per heavy atom. The number of ether oxygens (including phenoxy) is 1. The minimum atomic E-state index is -0.772. The fourth-order valence-electron chi connectivity index (χ4n) is 3.27. The molecule has 1 unspecified atom stereocenters. The predicted octanol–water partition coefficient (Wildman–Crippen LogP) is 4.07. The number of rotatable bonds is 4. The van der Waals surface area contributed by atoms with Crippen molar-refractivity contribution in [2.75, 3.05) is 16.8 Å². The van der Waals surface area contributed by atoms with Crippen molar-refractivity contribution >= 4 is 29.1 Å². The minimum absolute atomic E-state index is 0.142. The molecule has 3 aromatic carbocycles. The molecule has 2 N–H and O–H groups in total. The van der Waals surface area contributed by atoms with E-state index in [2.05, 4.69) is 10.6 Å². The number of benzene rings is 3. The number of alkyl carbamates (subject to hydrolysis) is 1. The van der Waals surface area contributed by atoms with E-state index in [1.807, 2.05) is 89.8 Å². The molecule has 6 heteroatoms. The summed E-state index contributed by atoms with van der Waals surface area (Å²) >= 11 is 0. The molecule has 0 saturated heterocycles. The van der Waals surface area contributed by atoms with Crippen LogP contribution in [0.4, 0.5) is 21.9 Å². The van der Waals surface area contributed by atoms with Crippen LogP contribution in [0, 0.1) is 0 Å². The van der Waals surface area contributed by atoms with Gasteiger partial charge in [-0.3, -0.25) is 4.79 Å². The number of hydrogen-bond acceptors (Lipinski definition) is 4. The van der Waals surface area contributed by atoms with Crippen LogP contribution in [-0.2, 0) is 16.1 Å². The highest BCUT2D eigenvalue weighted by atomic mass is 16.5. The highest BCUT2D eigenvalue weighted by Crippen LogP contribution is 2.34. The zero-order valence-corrected chi connectivity index (χ0v) is 15.7. The number of hydrogen-bond donors (Lipinski definition) is 2. The van der Waals surface area contributed by atoms with Crippen LogP contribution in [0.3, 0.4) is 0 Å². The Labute approximate surface area is 169 Å². The molecule has 1 aliphatic rings. The van der Waals surface area contributed by atoms with Crippen molar-refractivity contribution in [1.82, 2.24) is 5.32 Å². The van der Waals surface area contributed by atoms with E-state index >= 15 is 0 Å². The summed E-state index contributed by atoms with van der Waals surface area (Å²) in [5.41, 5.74) is 3.38. The lowest BCUT2D eigenvalue weighted by Crippen LogP contribution is -2.48. The lowest BCUT2D eigenvalue weighted by atomic mass is 10.2. The molecule has 0 radical (unpaired) electrons. The third kappa shape index (κ3) is 4.38. The van der Waals surface area contributed by atoms with Crippen LogP contribution < -0.4 is 15.5 Å². The van der Waals surface area contributed by atoms with Crippen LogP contribution >= 0.6 is 0 Å². The average Bonchev–Trinajstić information content (AvgIpc) is 2.90. The monoisotopic (exact) mass is 387 g/mol. The summed E-state index contributed by atoms with van der Waals surface area (Å²) in [6.07, 6.45) is -0.632. The second-order valence-corrected chi connectivity index (χ2v) is 6.71. The summed E-state index contributed by atoms with van der Waals surface area (Å²) in [4.78, 5) is 27.1. The van der Waals surface area contributed by atoms with Crippen molar-refractivity contribution in [2.24, 2.45) is 0 Å². The smallest absolute Gasteiger partial charge is 0.408 e. The van der Waals surface area contributed by atoms with E-state index in [4.69, 9.17) is 4.74 Å². The number of nitrogens with one attached hydrogen (secondary N) is 2.